The van der Waals surface area contributed by atoms with E-state index in [0.717, 1.165) is 11.5 Å². The highest BCUT2D eigenvalue weighted by atomic mass is 19.4. The first kappa shape index (κ1) is 17.7. The first-order valence-electron chi connectivity index (χ1n) is 7.67. The van der Waals surface area contributed by atoms with Crippen molar-refractivity contribution in [2.45, 2.75) is 13.3 Å². The zero-order valence-corrected chi connectivity index (χ0v) is 13.6. The van der Waals surface area contributed by atoms with Gasteiger partial charge in [0.1, 0.15) is 22.9 Å². The van der Waals surface area contributed by atoms with Crippen LogP contribution < -0.4 is 9.47 Å². The second-order valence-electron chi connectivity index (χ2n) is 5.28. The maximum Gasteiger partial charge on any atom is 0.573 e. The molecule has 5 nitrogen and oxygen atoms in total. The molecule has 0 aliphatic rings. The minimum atomic E-state index is -4.77. The van der Waals surface area contributed by atoms with E-state index in [2.05, 4.69) is 9.72 Å². The third-order valence-electron chi connectivity index (χ3n) is 3.36. The molecule has 0 fully saturated rings. The number of hydrogen-bond donors (Lipinski definition) is 1. The number of fused-ring (bicyclic) bond motifs is 1. The minimum Gasteiger partial charge on any atom is -0.461 e. The number of aromatic nitrogens is 1. The number of hydrogen-bond acceptors (Lipinski definition) is 4. The van der Waals surface area contributed by atoms with Gasteiger partial charge in [-0.15, -0.1) is 13.2 Å². The van der Waals surface area contributed by atoms with Crippen molar-refractivity contribution in [1.82, 2.24) is 4.98 Å². The molecule has 0 atom stereocenters. The fourth-order valence-electron chi connectivity index (χ4n) is 2.36. The van der Waals surface area contributed by atoms with Crippen LogP contribution in [0.25, 0.3) is 10.9 Å². The van der Waals surface area contributed by atoms with Crippen LogP contribution in [0, 0.1) is 0 Å². The zero-order valence-electron chi connectivity index (χ0n) is 13.6. The summed E-state index contributed by atoms with van der Waals surface area (Å²) in [4.78, 5) is 14.7. The van der Waals surface area contributed by atoms with E-state index in [1.165, 1.54) is 18.2 Å². The Kier molecular flexibility index (Phi) is 4.75. The first-order valence-corrected chi connectivity index (χ1v) is 7.67. The van der Waals surface area contributed by atoms with Crippen LogP contribution in [0.4, 0.5) is 13.2 Å². The highest BCUT2D eigenvalue weighted by molar-refractivity contribution is 5.95. The lowest BCUT2D eigenvalue weighted by molar-refractivity contribution is -0.274. The van der Waals surface area contributed by atoms with Crippen molar-refractivity contribution in [3.63, 3.8) is 0 Å². The normalized spacial score (nSPS) is 11.4. The molecule has 3 aromatic rings. The highest BCUT2D eigenvalue weighted by Gasteiger charge is 2.31. The number of esters is 1. The Hall–Kier alpha value is -3.16. The first-order chi connectivity index (χ1) is 12.3. The van der Waals surface area contributed by atoms with Crippen LogP contribution in [0.2, 0.25) is 0 Å². The molecule has 3 rings (SSSR count). The van der Waals surface area contributed by atoms with Gasteiger partial charge in [-0.1, -0.05) is 6.07 Å². The summed E-state index contributed by atoms with van der Waals surface area (Å²) in [7, 11) is 0. The van der Waals surface area contributed by atoms with E-state index in [1.807, 2.05) is 0 Å². The number of ether oxygens (including phenoxy) is 3. The molecule has 0 saturated carbocycles. The average Bonchev–Trinajstić information content (AvgIpc) is 2.97. The van der Waals surface area contributed by atoms with Crippen molar-refractivity contribution in [2.75, 3.05) is 6.61 Å². The SMILES string of the molecule is CCOC(=O)c1cc2ccc(Oc3cccc(OC(F)(F)F)c3)cc2[nH]1. The second kappa shape index (κ2) is 6.99. The van der Waals surface area contributed by atoms with Gasteiger partial charge in [-0.3, -0.25) is 0 Å². The number of alkyl halides is 3. The summed E-state index contributed by atoms with van der Waals surface area (Å²) in [6.07, 6.45) is -4.77. The van der Waals surface area contributed by atoms with E-state index in [4.69, 9.17) is 9.47 Å². The van der Waals surface area contributed by atoms with Gasteiger partial charge in [-0.2, -0.15) is 0 Å². The molecular weight excluding hydrogens is 351 g/mol. The van der Waals surface area contributed by atoms with Crippen molar-refractivity contribution in [2.24, 2.45) is 0 Å². The van der Waals surface area contributed by atoms with E-state index in [-0.39, 0.29) is 18.1 Å². The van der Waals surface area contributed by atoms with Gasteiger partial charge >= 0.3 is 12.3 Å². The largest absolute Gasteiger partial charge is 0.573 e. The average molecular weight is 365 g/mol. The smallest absolute Gasteiger partial charge is 0.461 e. The van der Waals surface area contributed by atoms with Gasteiger partial charge in [0.05, 0.1) is 6.61 Å². The number of H-pyrrole nitrogens is 1. The van der Waals surface area contributed by atoms with Crippen molar-refractivity contribution in [1.29, 1.82) is 0 Å². The van der Waals surface area contributed by atoms with E-state index in [9.17, 15) is 18.0 Å². The van der Waals surface area contributed by atoms with Gasteiger partial charge in [-0.05, 0) is 37.3 Å². The zero-order chi connectivity index (χ0) is 18.7. The van der Waals surface area contributed by atoms with Crippen molar-refractivity contribution >= 4 is 16.9 Å². The van der Waals surface area contributed by atoms with Gasteiger partial charge in [-0.25, -0.2) is 4.79 Å². The predicted octanol–water partition coefficient (Wildman–Crippen LogP) is 5.04. The van der Waals surface area contributed by atoms with Crippen LogP contribution in [0.1, 0.15) is 17.4 Å². The van der Waals surface area contributed by atoms with Gasteiger partial charge in [0.15, 0.2) is 0 Å². The van der Waals surface area contributed by atoms with Gasteiger partial charge in [0.25, 0.3) is 0 Å². The lowest BCUT2D eigenvalue weighted by Crippen LogP contribution is -2.16. The minimum absolute atomic E-state index is 0.184. The number of carbonyl (C=O) groups excluding carboxylic acids is 1. The molecular formula is C18H14F3NO4. The predicted molar refractivity (Wildman–Crippen MR) is 87.5 cm³/mol. The summed E-state index contributed by atoms with van der Waals surface area (Å²) in [5, 5.41) is 0.773. The Labute approximate surface area is 146 Å². The standard InChI is InChI=1S/C18H14F3NO4/c1-2-24-17(23)16-8-11-6-7-13(10-15(11)22-16)25-12-4-3-5-14(9-12)26-18(19,20)21/h3-10,22H,2H2,1H3. The summed E-state index contributed by atoms with van der Waals surface area (Å²) < 4.78 is 51.2. The molecule has 1 N–H and O–H groups in total. The van der Waals surface area contributed by atoms with Gasteiger partial charge < -0.3 is 19.2 Å². The lowest BCUT2D eigenvalue weighted by atomic mass is 10.2. The van der Waals surface area contributed by atoms with Gasteiger partial charge in [0, 0.05) is 23.0 Å². The highest BCUT2D eigenvalue weighted by Crippen LogP contribution is 2.30. The fourth-order valence-corrected chi connectivity index (χ4v) is 2.36. The van der Waals surface area contributed by atoms with Crippen molar-refractivity contribution in [3.05, 3.63) is 54.2 Å². The number of carbonyl (C=O) groups is 1. The molecule has 0 bridgehead atoms. The van der Waals surface area contributed by atoms with Crippen LogP contribution in [0.15, 0.2) is 48.5 Å². The number of nitrogens with one attached hydrogen (secondary N) is 1. The Morgan fingerprint density at radius 2 is 1.77 bits per heavy atom. The monoisotopic (exact) mass is 365 g/mol. The molecule has 0 spiro atoms. The topological polar surface area (TPSA) is 60.6 Å². The van der Waals surface area contributed by atoms with Crippen LogP contribution in [-0.2, 0) is 4.74 Å². The van der Waals surface area contributed by atoms with Gasteiger partial charge in [0.2, 0.25) is 0 Å². The van der Waals surface area contributed by atoms with Crippen LogP contribution in [-0.4, -0.2) is 23.9 Å². The molecule has 1 heterocycles. The number of rotatable bonds is 5. The summed E-state index contributed by atoms with van der Waals surface area (Å²) in [6.45, 7) is 1.97. The summed E-state index contributed by atoms with van der Waals surface area (Å²) in [5.74, 6) is -0.272. The molecule has 0 radical (unpaired) electrons. The third-order valence-corrected chi connectivity index (χ3v) is 3.36. The fraction of sp³-hybridized carbons (Fsp3) is 0.167. The Morgan fingerprint density at radius 3 is 2.50 bits per heavy atom. The van der Waals surface area contributed by atoms with E-state index < -0.39 is 12.3 Å². The Morgan fingerprint density at radius 1 is 1.04 bits per heavy atom. The van der Waals surface area contributed by atoms with Crippen LogP contribution in [0.5, 0.6) is 17.2 Å². The molecule has 0 saturated heterocycles. The molecule has 0 aliphatic carbocycles. The quantitative estimate of drug-likeness (QED) is 0.644. The van der Waals surface area contributed by atoms with E-state index in [0.29, 0.717) is 17.0 Å². The third kappa shape index (κ3) is 4.27. The maximum absolute atomic E-state index is 12.3. The van der Waals surface area contributed by atoms with Crippen LogP contribution in [0.3, 0.4) is 0 Å². The molecule has 0 aliphatic heterocycles. The number of aromatic amines is 1. The van der Waals surface area contributed by atoms with Crippen LogP contribution >= 0.6 is 0 Å². The number of halogens is 3. The molecule has 26 heavy (non-hydrogen) atoms. The van der Waals surface area contributed by atoms with Crippen molar-refractivity contribution in [3.8, 4) is 17.2 Å². The summed E-state index contributed by atoms with van der Waals surface area (Å²) >= 11 is 0. The molecule has 0 amide bonds. The Balaban J connectivity index is 1.81. The maximum atomic E-state index is 12.3. The van der Waals surface area contributed by atoms with E-state index in [1.54, 1.807) is 31.2 Å². The van der Waals surface area contributed by atoms with Crippen molar-refractivity contribution < 1.29 is 32.2 Å². The molecule has 136 valence electrons. The Bertz CT molecular complexity index is 934. The second-order valence-corrected chi connectivity index (χ2v) is 5.28. The van der Waals surface area contributed by atoms with E-state index >= 15 is 0 Å². The lowest BCUT2D eigenvalue weighted by Gasteiger charge is -2.10. The summed E-state index contributed by atoms with van der Waals surface area (Å²) in [5.41, 5.74) is 0.938. The molecule has 0 unspecified atom stereocenters. The number of benzene rings is 2. The summed E-state index contributed by atoms with van der Waals surface area (Å²) in [6, 6.07) is 11.9. The molecule has 2 aromatic carbocycles. The molecule has 1 aromatic heterocycles. The molecule has 8 heteroatoms.